The van der Waals surface area contributed by atoms with Crippen molar-refractivity contribution in [2.24, 2.45) is 5.73 Å². The number of rotatable bonds is 7. The van der Waals surface area contributed by atoms with E-state index in [9.17, 15) is 8.42 Å². The van der Waals surface area contributed by atoms with Gasteiger partial charge in [0, 0.05) is 26.2 Å². The zero-order valence-electron chi connectivity index (χ0n) is 8.48. The minimum absolute atomic E-state index is 0.0556. The molecule has 0 aliphatic heterocycles. The minimum atomic E-state index is -3.16. The SMILES string of the molecule is COCCS(=O)(=O)N(CCN)C1CC1. The van der Waals surface area contributed by atoms with Gasteiger partial charge in [-0.25, -0.2) is 8.42 Å². The van der Waals surface area contributed by atoms with E-state index in [1.54, 1.807) is 0 Å². The second-order valence-electron chi connectivity index (χ2n) is 3.44. The molecule has 2 N–H and O–H groups in total. The molecule has 1 aliphatic carbocycles. The third-order valence-corrected chi connectivity index (χ3v) is 4.08. The van der Waals surface area contributed by atoms with Crippen LogP contribution in [0.2, 0.25) is 0 Å². The molecule has 0 unspecified atom stereocenters. The van der Waals surface area contributed by atoms with Crippen molar-refractivity contribution in [3.8, 4) is 0 Å². The van der Waals surface area contributed by atoms with Gasteiger partial charge in [0.15, 0.2) is 0 Å². The van der Waals surface area contributed by atoms with Gasteiger partial charge in [0.1, 0.15) is 0 Å². The smallest absolute Gasteiger partial charge is 0.216 e. The quantitative estimate of drug-likeness (QED) is 0.623. The Hall–Kier alpha value is -0.170. The van der Waals surface area contributed by atoms with Crippen molar-refractivity contribution in [1.29, 1.82) is 0 Å². The second kappa shape index (κ2) is 5.06. The molecule has 0 spiro atoms. The summed E-state index contributed by atoms with van der Waals surface area (Å²) in [6, 6.07) is 0.195. The van der Waals surface area contributed by atoms with Gasteiger partial charge in [-0.05, 0) is 12.8 Å². The average molecular weight is 222 g/mol. The monoisotopic (exact) mass is 222 g/mol. The lowest BCUT2D eigenvalue weighted by atomic mass is 10.6. The van der Waals surface area contributed by atoms with E-state index in [1.165, 1.54) is 11.4 Å². The lowest BCUT2D eigenvalue weighted by Crippen LogP contribution is -2.39. The van der Waals surface area contributed by atoms with Crippen LogP contribution in [0.25, 0.3) is 0 Å². The topological polar surface area (TPSA) is 72.6 Å². The highest BCUT2D eigenvalue weighted by Gasteiger charge is 2.36. The highest BCUT2D eigenvalue weighted by molar-refractivity contribution is 7.89. The van der Waals surface area contributed by atoms with Crippen molar-refractivity contribution < 1.29 is 13.2 Å². The number of hydrogen-bond donors (Lipinski definition) is 1. The molecular weight excluding hydrogens is 204 g/mol. The molecule has 6 heteroatoms. The largest absolute Gasteiger partial charge is 0.384 e. The van der Waals surface area contributed by atoms with Crippen LogP contribution in [0.15, 0.2) is 0 Å². The van der Waals surface area contributed by atoms with Crippen LogP contribution in [-0.2, 0) is 14.8 Å². The molecule has 0 atom stereocenters. The van der Waals surface area contributed by atoms with Crippen LogP contribution in [0.4, 0.5) is 0 Å². The Bertz CT molecular complexity index is 262. The van der Waals surface area contributed by atoms with E-state index in [0.717, 1.165) is 12.8 Å². The summed E-state index contributed by atoms with van der Waals surface area (Å²) in [5, 5.41) is 0. The lowest BCUT2D eigenvalue weighted by Gasteiger charge is -2.20. The Labute approximate surface area is 85.3 Å². The Kier molecular flexibility index (Phi) is 4.31. The van der Waals surface area contributed by atoms with E-state index >= 15 is 0 Å². The van der Waals surface area contributed by atoms with Crippen LogP contribution in [0.3, 0.4) is 0 Å². The third-order valence-electron chi connectivity index (χ3n) is 2.21. The highest BCUT2D eigenvalue weighted by Crippen LogP contribution is 2.28. The molecule has 0 aromatic rings. The maximum absolute atomic E-state index is 11.8. The molecule has 1 fully saturated rings. The van der Waals surface area contributed by atoms with E-state index in [1.807, 2.05) is 0 Å². The number of nitrogens with zero attached hydrogens (tertiary/aromatic N) is 1. The first-order chi connectivity index (χ1) is 6.61. The fourth-order valence-electron chi connectivity index (χ4n) is 1.34. The molecule has 0 saturated heterocycles. The van der Waals surface area contributed by atoms with Gasteiger partial charge in [0.2, 0.25) is 10.0 Å². The van der Waals surface area contributed by atoms with Gasteiger partial charge in [-0.3, -0.25) is 0 Å². The maximum atomic E-state index is 11.8. The van der Waals surface area contributed by atoms with Gasteiger partial charge in [-0.1, -0.05) is 0 Å². The summed E-state index contributed by atoms with van der Waals surface area (Å²) in [6.45, 7) is 1.05. The molecular formula is C8H18N2O3S. The van der Waals surface area contributed by atoms with Crippen LogP contribution in [0.5, 0.6) is 0 Å². The Morgan fingerprint density at radius 2 is 2.14 bits per heavy atom. The zero-order chi connectivity index (χ0) is 10.6. The Morgan fingerprint density at radius 3 is 2.57 bits per heavy atom. The molecule has 14 heavy (non-hydrogen) atoms. The van der Waals surface area contributed by atoms with E-state index < -0.39 is 10.0 Å². The van der Waals surface area contributed by atoms with Crippen LogP contribution in [0, 0.1) is 0 Å². The summed E-state index contributed by atoms with van der Waals surface area (Å²) >= 11 is 0. The highest BCUT2D eigenvalue weighted by atomic mass is 32.2. The fraction of sp³-hybridized carbons (Fsp3) is 1.00. The van der Waals surface area contributed by atoms with Crippen LogP contribution >= 0.6 is 0 Å². The summed E-state index contributed by atoms with van der Waals surface area (Å²) in [6.07, 6.45) is 1.93. The summed E-state index contributed by atoms with van der Waals surface area (Å²) < 4.78 is 29.8. The first kappa shape index (κ1) is 11.9. The molecule has 0 aromatic heterocycles. The summed E-state index contributed by atoms with van der Waals surface area (Å²) in [7, 11) is -1.66. The normalized spacial score (nSPS) is 17.6. The molecule has 1 rings (SSSR count). The third kappa shape index (κ3) is 3.20. The van der Waals surface area contributed by atoms with Crippen molar-refractivity contribution >= 4 is 10.0 Å². The van der Waals surface area contributed by atoms with Crippen LogP contribution < -0.4 is 5.73 Å². The Balaban J connectivity index is 2.55. The van der Waals surface area contributed by atoms with Gasteiger partial charge >= 0.3 is 0 Å². The summed E-state index contributed by atoms with van der Waals surface area (Å²) in [4.78, 5) is 0. The molecule has 0 amide bonds. The number of ether oxygens (including phenoxy) is 1. The molecule has 0 heterocycles. The number of nitrogens with two attached hydrogens (primary N) is 1. The molecule has 1 saturated carbocycles. The minimum Gasteiger partial charge on any atom is -0.384 e. The van der Waals surface area contributed by atoms with Gasteiger partial charge in [0.05, 0.1) is 12.4 Å². The standard InChI is InChI=1S/C8H18N2O3S/c1-13-6-7-14(11,12)10(5-4-9)8-2-3-8/h8H,2-7,9H2,1H3. The van der Waals surface area contributed by atoms with Crippen molar-refractivity contribution in [3.63, 3.8) is 0 Å². The molecule has 84 valence electrons. The molecule has 0 radical (unpaired) electrons. The average Bonchev–Trinajstić information content (AvgIpc) is 2.94. The predicted molar refractivity (Wildman–Crippen MR) is 54.4 cm³/mol. The molecule has 5 nitrogen and oxygen atoms in total. The molecule has 0 bridgehead atoms. The van der Waals surface area contributed by atoms with Gasteiger partial charge in [-0.15, -0.1) is 0 Å². The van der Waals surface area contributed by atoms with E-state index in [4.69, 9.17) is 10.5 Å². The van der Waals surface area contributed by atoms with Crippen molar-refractivity contribution in [2.75, 3.05) is 32.6 Å². The van der Waals surface area contributed by atoms with Crippen molar-refractivity contribution in [1.82, 2.24) is 4.31 Å². The van der Waals surface area contributed by atoms with Crippen LogP contribution in [-0.4, -0.2) is 51.3 Å². The fourth-order valence-corrected chi connectivity index (χ4v) is 3.00. The molecule has 1 aliphatic rings. The van der Waals surface area contributed by atoms with Crippen molar-refractivity contribution in [3.05, 3.63) is 0 Å². The first-order valence-corrected chi connectivity index (χ1v) is 6.41. The maximum Gasteiger partial charge on any atom is 0.216 e. The van der Waals surface area contributed by atoms with Gasteiger partial charge in [0.25, 0.3) is 0 Å². The first-order valence-electron chi connectivity index (χ1n) is 4.80. The second-order valence-corrected chi connectivity index (χ2v) is 5.48. The van der Waals surface area contributed by atoms with E-state index in [-0.39, 0.29) is 18.4 Å². The summed E-state index contributed by atoms with van der Waals surface area (Å²) in [5.41, 5.74) is 5.38. The predicted octanol–water partition coefficient (Wildman–Crippen LogP) is -0.614. The number of sulfonamides is 1. The van der Waals surface area contributed by atoms with Gasteiger partial charge in [-0.2, -0.15) is 4.31 Å². The zero-order valence-corrected chi connectivity index (χ0v) is 9.29. The van der Waals surface area contributed by atoms with Crippen molar-refractivity contribution in [2.45, 2.75) is 18.9 Å². The number of hydrogen-bond acceptors (Lipinski definition) is 4. The molecule has 0 aromatic carbocycles. The van der Waals surface area contributed by atoms with Crippen LogP contribution in [0.1, 0.15) is 12.8 Å². The van der Waals surface area contributed by atoms with E-state index in [2.05, 4.69) is 0 Å². The van der Waals surface area contributed by atoms with Gasteiger partial charge < -0.3 is 10.5 Å². The lowest BCUT2D eigenvalue weighted by molar-refractivity contribution is 0.215. The number of methoxy groups -OCH3 is 1. The summed E-state index contributed by atoms with van der Waals surface area (Å²) in [5.74, 6) is 0.0556. The van der Waals surface area contributed by atoms with E-state index in [0.29, 0.717) is 13.1 Å². The Morgan fingerprint density at radius 1 is 1.50 bits per heavy atom.